The number of carbonyl (C=O) groups excluding carboxylic acids is 1. The molecule has 0 saturated heterocycles. The van der Waals surface area contributed by atoms with Gasteiger partial charge in [0.25, 0.3) is 0 Å². The van der Waals surface area contributed by atoms with E-state index in [0.717, 1.165) is 6.07 Å². The van der Waals surface area contributed by atoms with E-state index < -0.39 is 22.0 Å². The molecule has 1 heterocycles. The summed E-state index contributed by atoms with van der Waals surface area (Å²) in [6.07, 6.45) is -0.734. The van der Waals surface area contributed by atoms with Crippen LogP contribution in [0.3, 0.4) is 0 Å². The van der Waals surface area contributed by atoms with Gasteiger partial charge in [0.05, 0.1) is 5.69 Å². The van der Waals surface area contributed by atoms with Gasteiger partial charge in [-0.25, -0.2) is 14.2 Å². The fourth-order valence-electron chi connectivity index (χ4n) is 2.59. The van der Waals surface area contributed by atoms with Gasteiger partial charge >= 0.3 is 16.2 Å². The standard InChI is InChI=1S/C17H22FN3O5S/c1-4-21-14(8-9-25-17(19)22)20-15(11(2)3)16(21)27(23,24)26-13-7-5-6-12(18)10-13/h5-7,10-11H,4,8-9H2,1-3H3,(H2,19,22). The van der Waals surface area contributed by atoms with Crippen molar-refractivity contribution in [3.63, 3.8) is 0 Å². The van der Waals surface area contributed by atoms with Crippen molar-refractivity contribution in [3.8, 4) is 5.75 Å². The Morgan fingerprint density at radius 2 is 2.07 bits per heavy atom. The molecule has 0 spiro atoms. The van der Waals surface area contributed by atoms with Crippen molar-refractivity contribution in [3.05, 3.63) is 41.6 Å². The van der Waals surface area contributed by atoms with Crippen LogP contribution in [0, 0.1) is 5.82 Å². The van der Waals surface area contributed by atoms with Gasteiger partial charge in [0.1, 0.15) is 24.0 Å². The Morgan fingerprint density at radius 1 is 1.37 bits per heavy atom. The summed E-state index contributed by atoms with van der Waals surface area (Å²) in [4.78, 5) is 15.1. The highest BCUT2D eigenvalue weighted by molar-refractivity contribution is 7.87. The van der Waals surface area contributed by atoms with E-state index in [0.29, 0.717) is 18.1 Å². The van der Waals surface area contributed by atoms with Crippen LogP contribution < -0.4 is 9.92 Å². The number of halogens is 1. The number of nitrogens with zero attached hydrogens (tertiary/aromatic N) is 2. The minimum Gasteiger partial charge on any atom is -0.449 e. The van der Waals surface area contributed by atoms with Gasteiger partial charge in [0, 0.05) is 19.0 Å². The van der Waals surface area contributed by atoms with Crippen LogP contribution in [0.25, 0.3) is 0 Å². The first-order chi connectivity index (χ1) is 12.7. The maximum atomic E-state index is 13.4. The van der Waals surface area contributed by atoms with E-state index in [9.17, 15) is 17.6 Å². The maximum Gasteiger partial charge on any atom is 0.404 e. The Hall–Kier alpha value is -2.62. The number of amides is 1. The van der Waals surface area contributed by atoms with Gasteiger partial charge in [0.15, 0.2) is 5.03 Å². The van der Waals surface area contributed by atoms with Crippen molar-refractivity contribution < 1.29 is 26.5 Å². The number of benzene rings is 1. The first-order valence-corrected chi connectivity index (χ1v) is 9.78. The molecule has 0 bridgehead atoms. The minimum absolute atomic E-state index is 0.0336. The predicted molar refractivity (Wildman–Crippen MR) is 95.4 cm³/mol. The van der Waals surface area contributed by atoms with Crippen molar-refractivity contribution in [2.75, 3.05) is 6.61 Å². The number of hydrogen-bond acceptors (Lipinski definition) is 6. The highest BCUT2D eigenvalue weighted by atomic mass is 32.2. The quantitative estimate of drug-likeness (QED) is 0.683. The lowest BCUT2D eigenvalue weighted by Crippen LogP contribution is -2.19. The van der Waals surface area contributed by atoms with Gasteiger partial charge < -0.3 is 19.2 Å². The molecular formula is C17H22FN3O5S. The highest BCUT2D eigenvalue weighted by Gasteiger charge is 2.30. The number of ether oxygens (including phenoxy) is 1. The maximum absolute atomic E-state index is 13.4. The molecular weight excluding hydrogens is 377 g/mol. The Morgan fingerprint density at radius 3 is 2.63 bits per heavy atom. The molecule has 0 saturated carbocycles. The Kier molecular flexibility index (Phi) is 6.42. The number of rotatable bonds is 8. The summed E-state index contributed by atoms with van der Waals surface area (Å²) in [6, 6.07) is 4.88. The van der Waals surface area contributed by atoms with Gasteiger partial charge in [0.2, 0.25) is 0 Å². The number of hydrogen-bond donors (Lipinski definition) is 1. The number of aromatic nitrogens is 2. The van der Waals surface area contributed by atoms with Crippen LogP contribution >= 0.6 is 0 Å². The van der Waals surface area contributed by atoms with Crippen molar-refractivity contribution in [1.82, 2.24) is 9.55 Å². The van der Waals surface area contributed by atoms with Crippen LogP contribution in [-0.2, 0) is 27.8 Å². The van der Waals surface area contributed by atoms with Crippen LogP contribution in [0.5, 0.6) is 5.75 Å². The van der Waals surface area contributed by atoms with Gasteiger partial charge in [-0.1, -0.05) is 19.9 Å². The Labute approximate surface area is 157 Å². The lowest BCUT2D eigenvalue weighted by Gasteiger charge is -2.13. The Balaban J connectivity index is 2.46. The summed E-state index contributed by atoms with van der Waals surface area (Å²) in [5, 5.41) is -0.0988. The third-order valence-corrected chi connectivity index (χ3v) is 5.01. The van der Waals surface area contributed by atoms with E-state index in [1.54, 1.807) is 20.8 Å². The topological polar surface area (TPSA) is 114 Å². The first-order valence-electron chi connectivity index (χ1n) is 8.37. The van der Waals surface area contributed by atoms with E-state index >= 15 is 0 Å². The zero-order valence-electron chi connectivity index (χ0n) is 15.3. The molecule has 0 aliphatic heterocycles. The third-order valence-electron chi connectivity index (χ3n) is 3.70. The van der Waals surface area contributed by atoms with E-state index in [4.69, 9.17) is 14.7 Å². The zero-order chi connectivity index (χ0) is 20.2. The molecule has 8 nitrogen and oxygen atoms in total. The third kappa shape index (κ3) is 4.97. The van der Waals surface area contributed by atoms with Crippen LogP contribution in [0.4, 0.5) is 9.18 Å². The molecule has 10 heteroatoms. The normalized spacial score (nSPS) is 11.6. The summed E-state index contributed by atoms with van der Waals surface area (Å²) < 4.78 is 50.5. The summed E-state index contributed by atoms with van der Waals surface area (Å²) in [6.45, 7) is 5.62. The van der Waals surface area contributed by atoms with Crippen LogP contribution in [0.15, 0.2) is 29.3 Å². The second-order valence-electron chi connectivity index (χ2n) is 6.03. The van der Waals surface area contributed by atoms with Crippen molar-refractivity contribution in [1.29, 1.82) is 0 Å². The smallest absolute Gasteiger partial charge is 0.404 e. The predicted octanol–water partition coefficient (Wildman–Crippen LogP) is 2.57. The van der Waals surface area contributed by atoms with Gasteiger partial charge in [-0.05, 0) is 25.0 Å². The van der Waals surface area contributed by atoms with Gasteiger partial charge in [-0.15, -0.1) is 0 Å². The molecule has 0 unspecified atom stereocenters. The molecule has 0 radical (unpaired) electrons. The monoisotopic (exact) mass is 399 g/mol. The SMILES string of the molecule is CCn1c(CCOC(N)=O)nc(C(C)C)c1S(=O)(=O)Oc1cccc(F)c1. The molecule has 1 aromatic heterocycles. The Bertz CT molecular complexity index is 925. The average Bonchev–Trinajstić information content (AvgIpc) is 2.94. The zero-order valence-corrected chi connectivity index (χ0v) is 16.1. The summed E-state index contributed by atoms with van der Waals surface area (Å²) >= 11 is 0. The second-order valence-corrected chi connectivity index (χ2v) is 7.49. The van der Waals surface area contributed by atoms with E-state index in [-0.39, 0.29) is 29.7 Å². The minimum atomic E-state index is -4.27. The lowest BCUT2D eigenvalue weighted by molar-refractivity contribution is 0.157. The molecule has 1 aromatic carbocycles. The number of primary amides is 1. The van der Waals surface area contributed by atoms with Crippen LogP contribution in [0.2, 0.25) is 0 Å². The molecule has 2 rings (SSSR count). The molecule has 2 aromatic rings. The van der Waals surface area contributed by atoms with Crippen molar-refractivity contribution in [2.24, 2.45) is 5.73 Å². The fraction of sp³-hybridized carbons (Fsp3) is 0.412. The van der Waals surface area contributed by atoms with E-state index in [1.807, 2.05) is 0 Å². The van der Waals surface area contributed by atoms with Crippen LogP contribution in [-0.4, -0.2) is 30.7 Å². The van der Waals surface area contributed by atoms with Crippen molar-refractivity contribution in [2.45, 2.75) is 44.7 Å². The number of carbonyl (C=O) groups is 1. The molecule has 2 N–H and O–H groups in total. The molecule has 0 fully saturated rings. The molecule has 148 valence electrons. The van der Waals surface area contributed by atoms with Crippen molar-refractivity contribution >= 4 is 16.2 Å². The fourth-order valence-corrected chi connectivity index (χ4v) is 4.06. The lowest BCUT2D eigenvalue weighted by atomic mass is 10.1. The highest BCUT2D eigenvalue weighted by Crippen LogP contribution is 2.28. The van der Waals surface area contributed by atoms with Gasteiger partial charge in [-0.2, -0.15) is 8.42 Å². The number of imidazole rings is 1. The largest absolute Gasteiger partial charge is 0.449 e. The molecule has 1 amide bonds. The summed E-state index contributed by atoms with van der Waals surface area (Å²) in [5.41, 5.74) is 5.26. The second kappa shape index (κ2) is 8.38. The molecule has 0 atom stereocenters. The van der Waals surface area contributed by atoms with Crippen LogP contribution in [0.1, 0.15) is 38.2 Å². The molecule has 0 aliphatic carbocycles. The van der Waals surface area contributed by atoms with E-state index in [1.165, 1.54) is 22.8 Å². The first kappa shape index (κ1) is 20.7. The van der Waals surface area contributed by atoms with Gasteiger partial charge in [-0.3, -0.25) is 0 Å². The summed E-state index contributed by atoms with van der Waals surface area (Å²) in [5.74, 6) is -0.536. The summed E-state index contributed by atoms with van der Waals surface area (Å²) in [7, 11) is -4.27. The number of nitrogens with two attached hydrogens (primary N) is 1. The molecule has 27 heavy (non-hydrogen) atoms. The van der Waals surface area contributed by atoms with E-state index in [2.05, 4.69) is 4.98 Å². The molecule has 0 aliphatic rings. The average molecular weight is 399 g/mol.